The predicted molar refractivity (Wildman–Crippen MR) is 104 cm³/mol. The number of nitrogens with zero attached hydrogens (tertiary/aromatic N) is 1. The fourth-order valence-electron chi connectivity index (χ4n) is 2.84. The van der Waals surface area contributed by atoms with Gasteiger partial charge in [-0.15, -0.1) is 0 Å². The SMILES string of the molecule is CCc1ccc(NC(=O)COC(=O)CCN2C(=O)COc3ccccc32)cc1. The van der Waals surface area contributed by atoms with Crippen molar-refractivity contribution in [2.45, 2.75) is 19.8 Å². The van der Waals surface area contributed by atoms with Gasteiger partial charge in [0.25, 0.3) is 11.8 Å². The van der Waals surface area contributed by atoms with Crippen molar-refractivity contribution in [3.05, 3.63) is 54.1 Å². The minimum atomic E-state index is -0.548. The zero-order valence-electron chi connectivity index (χ0n) is 15.6. The summed E-state index contributed by atoms with van der Waals surface area (Å²) in [5.41, 5.74) is 2.44. The molecule has 1 aliphatic heterocycles. The molecule has 146 valence electrons. The summed E-state index contributed by atoms with van der Waals surface area (Å²) in [4.78, 5) is 37.5. The van der Waals surface area contributed by atoms with Gasteiger partial charge in [0.15, 0.2) is 13.2 Å². The molecule has 2 aromatic rings. The number of rotatable bonds is 7. The average molecular weight is 382 g/mol. The number of amides is 2. The highest BCUT2D eigenvalue weighted by Crippen LogP contribution is 2.31. The average Bonchev–Trinajstić information content (AvgIpc) is 2.72. The first-order valence-corrected chi connectivity index (χ1v) is 9.13. The van der Waals surface area contributed by atoms with Crippen LogP contribution < -0.4 is 15.0 Å². The summed E-state index contributed by atoms with van der Waals surface area (Å²) in [5, 5.41) is 2.68. The number of carbonyl (C=O) groups excluding carboxylic acids is 3. The number of anilines is 2. The first-order valence-electron chi connectivity index (χ1n) is 9.13. The Labute approximate surface area is 163 Å². The number of ether oxygens (including phenoxy) is 2. The lowest BCUT2D eigenvalue weighted by molar-refractivity contribution is -0.147. The molecule has 3 rings (SSSR count). The number of hydrogen-bond acceptors (Lipinski definition) is 5. The molecule has 0 fully saturated rings. The summed E-state index contributed by atoms with van der Waals surface area (Å²) in [6.45, 7) is 1.78. The molecule has 0 radical (unpaired) electrons. The van der Waals surface area contributed by atoms with Gasteiger partial charge in [-0.2, -0.15) is 0 Å². The van der Waals surface area contributed by atoms with Crippen LogP contribution in [0.4, 0.5) is 11.4 Å². The predicted octanol–water partition coefficient (Wildman–Crippen LogP) is 2.55. The van der Waals surface area contributed by atoms with Crippen molar-refractivity contribution >= 4 is 29.2 Å². The molecule has 2 aromatic carbocycles. The van der Waals surface area contributed by atoms with Gasteiger partial charge in [-0.1, -0.05) is 31.2 Å². The quantitative estimate of drug-likeness (QED) is 0.744. The third kappa shape index (κ3) is 4.88. The molecular formula is C21H22N2O5. The Bertz CT molecular complexity index is 863. The molecule has 0 spiro atoms. The second kappa shape index (κ2) is 9.03. The first kappa shape index (κ1) is 19.4. The van der Waals surface area contributed by atoms with E-state index in [4.69, 9.17) is 9.47 Å². The van der Waals surface area contributed by atoms with E-state index >= 15 is 0 Å². The minimum Gasteiger partial charge on any atom is -0.482 e. The Hall–Kier alpha value is -3.35. The Balaban J connectivity index is 1.45. The van der Waals surface area contributed by atoms with E-state index in [9.17, 15) is 14.4 Å². The van der Waals surface area contributed by atoms with Crippen LogP contribution in [0.25, 0.3) is 0 Å². The second-order valence-electron chi connectivity index (χ2n) is 6.31. The van der Waals surface area contributed by atoms with Crippen LogP contribution in [0.1, 0.15) is 18.9 Å². The van der Waals surface area contributed by atoms with Crippen LogP contribution in [-0.4, -0.2) is 37.5 Å². The van der Waals surface area contributed by atoms with Crippen molar-refractivity contribution in [1.82, 2.24) is 0 Å². The molecule has 0 bridgehead atoms. The van der Waals surface area contributed by atoms with Gasteiger partial charge in [0.05, 0.1) is 12.1 Å². The van der Waals surface area contributed by atoms with Gasteiger partial charge in [0.1, 0.15) is 5.75 Å². The minimum absolute atomic E-state index is 0.0153. The zero-order chi connectivity index (χ0) is 19.9. The molecular weight excluding hydrogens is 360 g/mol. The number of hydrogen-bond donors (Lipinski definition) is 1. The summed E-state index contributed by atoms with van der Waals surface area (Å²) in [7, 11) is 0. The van der Waals surface area contributed by atoms with Crippen LogP contribution >= 0.6 is 0 Å². The maximum Gasteiger partial charge on any atom is 0.308 e. The van der Waals surface area contributed by atoms with Crippen molar-refractivity contribution in [2.75, 3.05) is 30.0 Å². The zero-order valence-corrected chi connectivity index (χ0v) is 15.6. The third-order valence-corrected chi connectivity index (χ3v) is 4.36. The summed E-state index contributed by atoms with van der Waals surface area (Å²) in [6, 6.07) is 14.6. The molecule has 1 heterocycles. The van der Waals surface area contributed by atoms with E-state index in [1.807, 2.05) is 18.2 Å². The number of carbonyl (C=O) groups is 3. The van der Waals surface area contributed by atoms with E-state index in [0.29, 0.717) is 17.1 Å². The largest absolute Gasteiger partial charge is 0.482 e. The molecule has 7 heteroatoms. The number of para-hydroxylation sites is 2. The van der Waals surface area contributed by atoms with E-state index in [0.717, 1.165) is 6.42 Å². The molecule has 1 aliphatic rings. The van der Waals surface area contributed by atoms with E-state index in [2.05, 4.69) is 12.2 Å². The summed E-state index contributed by atoms with van der Waals surface area (Å²) < 4.78 is 10.4. The third-order valence-electron chi connectivity index (χ3n) is 4.36. The van der Waals surface area contributed by atoms with E-state index < -0.39 is 11.9 Å². The van der Waals surface area contributed by atoms with Crippen LogP contribution in [-0.2, 0) is 25.5 Å². The van der Waals surface area contributed by atoms with Gasteiger partial charge in [-0.25, -0.2) is 0 Å². The molecule has 0 saturated heterocycles. The van der Waals surface area contributed by atoms with Crippen LogP contribution in [0, 0.1) is 0 Å². The van der Waals surface area contributed by atoms with Crippen molar-refractivity contribution in [1.29, 1.82) is 0 Å². The van der Waals surface area contributed by atoms with Crippen LogP contribution in [0.5, 0.6) is 5.75 Å². The van der Waals surface area contributed by atoms with Crippen molar-refractivity contribution in [2.24, 2.45) is 0 Å². The molecule has 2 amide bonds. The van der Waals surface area contributed by atoms with Gasteiger partial charge < -0.3 is 19.7 Å². The molecule has 0 aliphatic carbocycles. The molecule has 28 heavy (non-hydrogen) atoms. The van der Waals surface area contributed by atoms with E-state index in [-0.39, 0.29) is 32.1 Å². The van der Waals surface area contributed by atoms with E-state index in [1.165, 1.54) is 10.5 Å². The smallest absolute Gasteiger partial charge is 0.308 e. The normalized spacial score (nSPS) is 12.8. The van der Waals surface area contributed by atoms with Crippen LogP contribution in [0.15, 0.2) is 48.5 Å². The van der Waals surface area contributed by atoms with Crippen LogP contribution in [0.2, 0.25) is 0 Å². The monoisotopic (exact) mass is 382 g/mol. The van der Waals surface area contributed by atoms with Gasteiger partial charge >= 0.3 is 5.97 Å². The highest BCUT2D eigenvalue weighted by atomic mass is 16.5. The maximum absolute atomic E-state index is 12.1. The fourth-order valence-corrected chi connectivity index (χ4v) is 2.84. The van der Waals surface area contributed by atoms with Gasteiger partial charge in [0, 0.05) is 12.2 Å². The highest BCUT2D eigenvalue weighted by molar-refractivity contribution is 5.98. The molecule has 0 saturated carbocycles. The Morgan fingerprint density at radius 2 is 1.89 bits per heavy atom. The topological polar surface area (TPSA) is 84.9 Å². The number of fused-ring (bicyclic) bond motifs is 1. The van der Waals surface area contributed by atoms with Crippen molar-refractivity contribution < 1.29 is 23.9 Å². The second-order valence-corrected chi connectivity index (χ2v) is 6.31. The number of nitrogens with one attached hydrogen (secondary N) is 1. The lowest BCUT2D eigenvalue weighted by Crippen LogP contribution is -2.40. The Morgan fingerprint density at radius 3 is 2.64 bits per heavy atom. The number of esters is 1. The highest BCUT2D eigenvalue weighted by Gasteiger charge is 2.25. The Kier molecular flexibility index (Phi) is 6.26. The van der Waals surface area contributed by atoms with Gasteiger partial charge in [0.2, 0.25) is 0 Å². The summed E-state index contributed by atoms with van der Waals surface area (Å²) in [6.07, 6.45) is 0.903. The molecule has 7 nitrogen and oxygen atoms in total. The van der Waals surface area contributed by atoms with Crippen molar-refractivity contribution in [3.8, 4) is 5.75 Å². The molecule has 0 atom stereocenters. The summed E-state index contributed by atoms with van der Waals surface area (Å²) in [5.74, 6) is -0.581. The lowest BCUT2D eigenvalue weighted by atomic mass is 10.1. The molecule has 1 N–H and O–H groups in total. The van der Waals surface area contributed by atoms with Gasteiger partial charge in [-0.05, 0) is 36.2 Å². The van der Waals surface area contributed by atoms with E-state index in [1.54, 1.807) is 30.3 Å². The van der Waals surface area contributed by atoms with Crippen molar-refractivity contribution in [3.63, 3.8) is 0 Å². The number of aryl methyl sites for hydroxylation is 1. The Morgan fingerprint density at radius 1 is 1.14 bits per heavy atom. The standard InChI is InChI=1S/C21H22N2O5/c1-2-15-7-9-16(10-8-15)22-19(24)13-28-21(26)11-12-23-17-5-3-4-6-18(17)27-14-20(23)25/h3-10H,2,11-14H2,1H3,(H,22,24). The molecule has 0 aromatic heterocycles. The fraction of sp³-hybridized carbons (Fsp3) is 0.286. The summed E-state index contributed by atoms with van der Waals surface area (Å²) >= 11 is 0. The maximum atomic E-state index is 12.1. The van der Waals surface area contributed by atoms with Gasteiger partial charge in [-0.3, -0.25) is 14.4 Å². The first-order chi connectivity index (χ1) is 13.6. The number of benzene rings is 2. The molecule has 0 unspecified atom stereocenters. The lowest BCUT2D eigenvalue weighted by Gasteiger charge is -2.28. The van der Waals surface area contributed by atoms with Crippen LogP contribution in [0.3, 0.4) is 0 Å².